The molecule has 0 aliphatic carbocycles. The number of benzene rings is 1. The predicted octanol–water partition coefficient (Wildman–Crippen LogP) is 4.94. The highest BCUT2D eigenvalue weighted by Gasteiger charge is 2.13. The van der Waals surface area contributed by atoms with Crippen molar-refractivity contribution in [1.82, 2.24) is 4.98 Å². The lowest BCUT2D eigenvalue weighted by molar-refractivity contribution is 0.590. The first-order chi connectivity index (χ1) is 9.90. The van der Waals surface area contributed by atoms with Gasteiger partial charge in [-0.3, -0.25) is 4.98 Å². The lowest BCUT2D eigenvalue weighted by atomic mass is 9.87. The molecule has 2 rings (SSSR count). The Bertz CT molecular complexity index is 568. The lowest BCUT2D eigenvalue weighted by Gasteiger charge is -2.19. The molecule has 0 fully saturated rings. The van der Waals surface area contributed by atoms with Crippen molar-refractivity contribution in [3.05, 3.63) is 53.9 Å². The monoisotopic (exact) mass is 300 g/mol. The smallest absolute Gasteiger partial charge is 0.0571 e. The van der Waals surface area contributed by atoms with Crippen LogP contribution in [-0.2, 0) is 5.41 Å². The zero-order chi connectivity index (χ0) is 15.5. The third-order valence-corrected chi connectivity index (χ3v) is 4.52. The maximum atomic E-state index is 5.98. The number of pyridine rings is 1. The van der Waals surface area contributed by atoms with Crippen LogP contribution in [0.4, 0.5) is 0 Å². The topological polar surface area (TPSA) is 38.9 Å². The highest BCUT2D eigenvalue weighted by atomic mass is 32.2. The fourth-order valence-electron chi connectivity index (χ4n) is 2.04. The summed E-state index contributed by atoms with van der Waals surface area (Å²) in [6.45, 7) is 8.77. The molecule has 21 heavy (non-hydrogen) atoms. The summed E-state index contributed by atoms with van der Waals surface area (Å²) in [7, 11) is 0. The van der Waals surface area contributed by atoms with E-state index in [4.69, 9.17) is 5.73 Å². The van der Waals surface area contributed by atoms with Gasteiger partial charge >= 0.3 is 0 Å². The van der Waals surface area contributed by atoms with Gasteiger partial charge in [0.25, 0.3) is 0 Å². The van der Waals surface area contributed by atoms with Crippen molar-refractivity contribution in [2.45, 2.75) is 55.4 Å². The average molecular weight is 300 g/mol. The van der Waals surface area contributed by atoms with Crippen molar-refractivity contribution in [2.75, 3.05) is 0 Å². The second kappa shape index (κ2) is 6.63. The first-order valence-corrected chi connectivity index (χ1v) is 8.21. The first-order valence-electron chi connectivity index (χ1n) is 7.40. The van der Waals surface area contributed by atoms with Crippen LogP contribution < -0.4 is 5.73 Å². The molecule has 0 radical (unpaired) electrons. The summed E-state index contributed by atoms with van der Waals surface area (Å²) in [5, 5.41) is 0. The molecule has 1 atom stereocenters. The summed E-state index contributed by atoms with van der Waals surface area (Å²) in [5.41, 5.74) is 8.50. The van der Waals surface area contributed by atoms with Gasteiger partial charge < -0.3 is 5.73 Å². The lowest BCUT2D eigenvalue weighted by Crippen LogP contribution is -2.10. The average Bonchev–Trinajstić information content (AvgIpc) is 2.47. The molecule has 2 nitrogen and oxygen atoms in total. The summed E-state index contributed by atoms with van der Waals surface area (Å²) < 4.78 is 0. The standard InChI is InChI=1S/C18H24N2S/c1-5-16(19)17-11-10-15(12-20-17)21-14-8-6-13(7-9-14)18(2,3)4/h6-12,16H,5,19H2,1-4H3/t16-/m1/s1. The molecule has 0 amide bonds. The summed E-state index contributed by atoms with van der Waals surface area (Å²) in [6, 6.07) is 12.9. The number of rotatable bonds is 4. The van der Waals surface area contributed by atoms with Crippen LogP contribution >= 0.6 is 11.8 Å². The SMILES string of the molecule is CC[C@@H](N)c1ccc(Sc2ccc(C(C)(C)C)cc2)cn1. The third kappa shape index (κ3) is 4.32. The molecule has 0 bridgehead atoms. The van der Waals surface area contributed by atoms with Crippen molar-refractivity contribution in [1.29, 1.82) is 0 Å². The van der Waals surface area contributed by atoms with Crippen LogP contribution in [0.25, 0.3) is 0 Å². The number of aromatic nitrogens is 1. The van der Waals surface area contributed by atoms with E-state index in [-0.39, 0.29) is 11.5 Å². The molecule has 1 aromatic heterocycles. The molecule has 0 saturated heterocycles. The van der Waals surface area contributed by atoms with Crippen LogP contribution in [0.15, 0.2) is 52.4 Å². The Morgan fingerprint density at radius 2 is 1.67 bits per heavy atom. The van der Waals surface area contributed by atoms with E-state index in [1.165, 1.54) is 10.5 Å². The Morgan fingerprint density at radius 3 is 2.14 bits per heavy atom. The van der Waals surface area contributed by atoms with Crippen LogP contribution in [0.2, 0.25) is 0 Å². The Labute approximate surface area is 132 Å². The van der Waals surface area contributed by atoms with Crippen molar-refractivity contribution in [3.8, 4) is 0 Å². The van der Waals surface area contributed by atoms with Crippen molar-refractivity contribution in [2.24, 2.45) is 5.73 Å². The molecule has 112 valence electrons. The molecular formula is C18H24N2S. The van der Waals surface area contributed by atoms with Gasteiger partial charge in [-0.15, -0.1) is 0 Å². The molecular weight excluding hydrogens is 276 g/mol. The number of hydrogen-bond donors (Lipinski definition) is 1. The van der Waals surface area contributed by atoms with Gasteiger partial charge in [-0.25, -0.2) is 0 Å². The summed E-state index contributed by atoms with van der Waals surface area (Å²) >= 11 is 1.73. The van der Waals surface area contributed by atoms with Gasteiger partial charge in [0.15, 0.2) is 0 Å². The minimum absolute atomic E-state index is 0.0371. The number of nitrogens with zero attached hydrogens (tertiary/aromatic N) is 1. The van der Waals surface area contributed by atoms with Gasteiger partial charge in [0.2, 0.25) is 0 Å². The van der Waals surface area contributed by atoms with Crippen LogP contribution in [0.3, 0.4) is 0 Å². The molecule has 1 aromatic carbocycles. The molecule has 2 aromatic rings. The maximum absolute atomic E-state index is 5.98. The van der Waals surface area contributed by atoms with Gasteiger partial charge in [0, 0.05) is 22.0 Å². The Balaban J connectivity index is 2.08. The third-order valence-electron chi connectivity index (χ3n) is 3.53. The van der Waals surface area contributed by atoms with Crippen LogP contribution in [0.5, 0.6) is 0 Å². The van der Waals surface area contributed by atoms with Gasteiger partial charge in [-0.2, -0.15) is 0 Å². The van der Waals surface area contributed by atoms with Gasteiger partial charge in [0.1, 0.15) is 0 Å². The zero-order valence-corrected chi connectivity index (χ0v) is 14.1. The summed E-state index contributed by atoms with van der Waals surface area (Å²) in [5.74, 6) is 0. The predicted molar refractivity (Wildman–Crippen MR) is 90.7 cm³/mol. The van der Waals surface area contributed by atoms with Gasteiger partial charge in [0.05, 0.1) is 5.69 Å². The molecule has 3 heteroatoms. The highest BCUT2D eigenvalue weighted by Crippen LogP contribution is 2.30. The second-order valence-corrected chi connectivity index (χ2v) is 7.46. The Hall–Kier alpha value is -1.32. The Kier molecular flexibility index (Phi) is 5.07. The maximum Gasteiger partial charge on any atom is 0.0571 e. The van der Waals surface area contributed by atoms with E-state index in [1.807, 2.05) is 12.3 Å². The molecule has 1 heterocycles. The molecule has 0 aliphatic rings. The van der Waals surface area contributed by atoms with E-state index < -0.39 is 0 Å². The van der Waals surface area contributed by atoms with Crippen LogP contribution in [-0.4, -0.2) is 4.98 Å². The van der Waals surface area contributed by atoms with E-state index >= 15 is 0 Å². The fraction of sp³-hybridized carbons (Fsp3) is 0.389. The second-order valence-electron chi connectivity index (χ2n) is 6.31. The molecule has 0 unspecified atom stereocenters. The van der Waals surface area contributed by atoms with E-state index in [1.54, 1.807) is 11.8 Å². The largest absolute Gasteiger partial charge is 0.323 e. The minimum Gasteiger partial charge on any atom is -0.323 e. The van der Waals surface area contributed by atoms with Crippen molar-refractivity contribution in [3.63, 3.8) is 0 Å². The molecule has 0 saturated carbocycles. The van der Waals surface area contributed by atoms with E-state index in [9.17, 15) is 0 Å². The van der Waals surface area contributed by atoms with Crippen LogP contribution in [0.1, 0.15) is 51.4 Å². The quantitative estimate of drug-likeness (QED) is 0.869. The molecule has 2 N–H and O–H groups in total. The zero-order valence-electron chi connectivity index (χ0n) is 13.3. The van der Waals surface area contributed by atoms with Crippen LogP contribution in [0, 0.1) is 0 Å². The Morgan fingerprint density at radius 1 is 1.05 bits per heavy atom. The normalized spacial score (nSPS) is 13.2. The van der Waals surface area contributed by atoms with Gasteiger partial charge in [-0.1, -0.05) is 51.6 Å². The number of hydrogen-bond acceptors (Lipinski definition) is 3. The minimum atomic E-state index is 0.0371. The van der Waals surface area contributed by atoms with E-state index in [0.717, 1.165) is 17.0 Å². The molecule has 0 aliphatic heterocycles. The first kappa shape index (κ1) is 16.1. The van der Waals surface area contributed by atoms with E-state index in [2.05, 4.69) is 63.0 Å². The van der Waals surface area contributed by atoms with Gasteiger partial charge in [-0.05, 0) is 41.7 Å². The van der Waals surface area contributed by atoms with Crippen molar-refractivity contribution < 1.29 is 0 Å². The fourth-order valence-corrected chi connectivity index (χ4v) is 2.83. The number of nitrogens with two attached hydrogens (primary N) is 1. The summed E-state index contributed by atoms with van der Waals surface area (Å²) in [4.78, 5) is 6.83. The summed E-state index contributed by atoms with van der Waals surface area (Å²) in [6.07, 6.45) is 2.82. The van der Waals surface area contributed by atoms with E-state index in [0.29, 0.717) is 0 Å². The highest BCUT2D eigenvalue weighted by molar-refractivity contribution is 7.99. The molecule has 0 spiro atoms. The van der Waals surface area contributed by atoms with Crippen molar-refractivity contribution >= 4 is 11.8 Å².